The molecule has 1 aliphatic carbocycles. The number of aromatic nitrogens is 3. The van der Waals surface area contributed by atoms with Gasteiger partial charge in [-0.05, 0) is 25.7 Å². The molecule has 10 heteroatoms. The van der Waals surface area contributed by atoms with Crippen molar-refractivity contribution in [1.29, 1.82) is 0 Å². The number of fused-ring (bicyclic) bond motifs is 1. The number of anilines is 3. The Labute approximate surface area is 187 Å². The molecule has 0 atom stereocenters. The normalized spacial score (nSPS) is 18.9. The number of carbonyl (C=O) groups is 1. The van der Waals surface area contributed by atoms with Crippen molar-refractivity contribution in [3.8, 4) is 5.75 Å². The summed E-state index contributed by atoms with van der Waals surface area (Å²) in [4.78, 5) is 20.7. The Morgan fingerprint density at radius 2 is 2.09 bits per heavy atom. The zero-order chi connectivity index (χ0) is 22.2. The molecule has 3 aliphatic rings. The molecule has 2 aromatic rings. The summed E-state index contributed by atoms with van der Waals surface area (Å²) < 4.78 is 13.7. The number of nitrogens with one attached hydrogen (secondary N) is 1. The van der Waals surface area contributed by atoms with E-state index in [4.69, 9.17) is 20.3 Å². The summed E-state index contributed by atoms with van der Waals surface area (Å²) >= 11 is 0. The van der Waals surface area contributed by atoms with Crippen molar-refractivity contribution in [3.05, 3.63) is 23.5 Å². The maximum Gasteiger partial charge on any atom is 0.317 e. The topological polar surface area (TPSA) is 111 Å². The fourth-order valence-electron chi connectivity index (χ4n) is 4.46. The molecule has 2 amide bonds. The summed E-state index contributed by atoms with van der Waals surface area (Å²) in [5.41, 5.74) is 8.90. The number of hydrogen-bond donors (Lipinski definition) is 2. The molecule has 10 nitrogen and oxygen atoms in total. The number of rotatable bonds is 5. The fraction of sp³-hybridized carbons (Fsp3) is 0.591. The van der Waals surface area contributed by atoms with Crippen LogP contribution in [0.15, 0.2) is 12.3 Å². The number of ether oxygens (including phenoxy) is 2. The van der Waals surface area contributed by atoms with Gasteiger partial charge in [0.1, 0.15) is 11.6 Å². The Kier molecular flexibility index (Phi) is 5.54. The molecule has 172 valence electrons. The number of amides is 2. The molecule has 0 unspecified atom stereocenters. The third-order valence-electron chi connectivity index (χ3n) is 6.46. The van der Waals surface area contributed by atoms with Crippen molar-refractivity contribution in [3.63, 3.8) is 0 Å². The van der Waals surface area contributed by atoms with Crippen molar-refractivity contribution in [2.75, 3.05) is 44.5 Å². The lowest BCUT2D eigenvalue weighted by Crippen LogP contribution is -2.41. The number of nitrogens with zero attached hydrogens (tertiary/aromatic N) is 5. The number of nitrogen functional groups attached to an aromatic ring is 1. The van der Waals surface area contributed by atoms with Crippen LogP contribution >= 0.6 is 0 Å². The lowest BCUT2D eigenvalue weighted by molar-refractivity contribution is 0.0651. The number of pyridine rings is 1. The predicted molar refractivity (Wildman–Crippen MR) is 120 cm³/mol. The first-order chi connectivity index (χ1) is 15.5. The lowest BCUT2D eigenvalue weighted by Gasteiger charge is -2.30. The van der Waals surface area contributed by atoms with Crippen LogP contribution in [0.1, 0.15) is 43.0 Å². The van der Waals surface area contributed by atoms with Gasteiger partial charge in [0.15, 0.2) is 5.82 Å². The lowest BCUT2D eigenvalue weighted by atomic mass is 10.0. The van der Waals surface area contributed by atoms with Gasteiger partial charge in [0.2, 0.25) is 0 Å². The number of carbonyl (C=O) groups excluding carboxylic acids is 1. The van der Waals surface area contributed by atoms with E-state index in [1.54, 1.807) is 13.2 Å². The quantitative estimate of drug-likeness (QED) is 0.732. The van der Waals surface area contributed by atoms with Gasteiger partial charge in [0.25, 0.3) is 0 Å². The first-order valence-electron chi connectivity index (χ1n) is 11.4. The molecular formula is C22H31N7O3. The Balaban J connectivity index is 1.51. The molecule has 2 aromatic heterocycles. The molecule has 1 saturated heterocycles. The molecule has 0 aromatic carbocycles. The summed E-state index contributed by atoms with van der Waals surface area (Å²) in [5.74, 6) is 2.19. The van der Waals surface area contributed by atoms with E-state index in [9.17, 15) is 4.79 Å². The third kappa shape index (κ3) is 3.94. The van der Waals surface area contributed by atoms with Crippen molar-refractivity contribution in [2.24, 2.45) is 0 Å². The monoisotopic (exact) mass is 441 g/mol. The minimum atomic E-state index is -0.0752. The fourth-order valence-corrected chi connectivity index (χ4v) is 4.46. The smallest absolute Gasteiger partial charge is 0.317 e. The zero-order valence-corrected chi connectivity index (χ0v) is 18.7. The highest BCUT2D eigenvalue weighted by atomic mass is 16.5. The average molecular weight is 442 g/mol. The predicted octanol–water partition coefficient (Wildman–Crippen LogP) is 2.22. The van der Waals surface area contributed by atoms with Gasteiger partial charge in [-0.3, -0.25) is 4.68 Å². The van der Waals surface area contributed by atoms with Gasteiger partial charge in [-0.1, -0.05) is 0 Å². The van der Waals surface area contributed by atoms with Gasteiger partial charge in [0.05, 0.1) is 30.6 Å². The van der Waals surface area contributed by atoms with E-state index in [0.717, 1.165) is 56.7 Å². The molecule has 3 N–H and O–H groups in total. The van der Waals surface area contributed by atoms with E-state index in [0.29, 0.717) is 36.4 Å². The maximum absolute atomic E-state index is 12.3. The van der Waals surface area contributed by atoms with Crippen LogP contribution in [0.2, 0.25) is 0 Å². The Morgan fingerprint density at radius 3 is 2.81 bits per heavy atom. The second-order valence-corrected chi connectivity index (χ2v) is 8.72. The summed E-state index contributed by atoms with van der Waals surface area (Å²) in [5, 5.41) is 7.79. The van der Waals surface area contributed by atoms with Crippen LogP contribution in [0.5, 0.6) is 5.75 Å². The molecule has 4 heterocycles. The summed E-state index contributed by atoms with van der Waals surface area (Å²) in [6.45, 7) is 2.68. The molecule has 0 radical (unpaired) electrons. The average Bonchev–Trinajstić information content (AvgIpc) is 3.57. The van der Waals surface area contributed by atoms with Crippen LogP contribution in [-0.4, -0.2) is 65.7 Å². The van der Waals surface area contributed by atoms with Gasteiger partial charge in [0, 0.05) is 57.6 Å². The first kappa shape index (κ1) is 20.9. The Bertz CT molecular complexity index is 998. The second kappa shape index (κ2) is 8.50. The molecule has 2 aliphatic heterocycles. The van der Waals surface area contributed by atoms with Gasteiger partial charge < -0.3 is 30.3 Å². The molecule has 0 spiro atoms. The Morgan fingerprint density at radius 1 is 1.31 bits per heavy atom. The van der Waals surface area contributed by atoms with E-state index in [-0.39, 0.29) is 12.1 Å². The highest BCUT2D eigenvalue weighted by Crippen LogP contribution is 2.37. The highest BCUT2D eigenvalue weighted by Gasteiger charge is 2.32. The molecule has 2 fully saturated rings. The number of hydrogen-bond acceptors (Lipinski definition) is 7. The van der Waals surface area contributed by atoms with E-state index < -0.39 is 0 Å². The van der Waals surface area contributed by atoms with Crippen molar-refractivity contribution in [1.82, 2.24) is 25.0 Å². The second-order valence-electron chi connectivity index (χ2n) is 8.72. The molecule has 32 heavy (non-hydrogen) atoms. The molecule has 5 rings (SSSR count). The van der Waals surface area contributed by atoms with Gasteiger partial charge in [-0.15, -0.1) is 0 Å². The minimum absolute atomic E-state index is 0.0752. The minimum Gasteiger partial charge on any atom is -0.488 e. The van der Waals surface area contributed by atoms with Crippen LogP contribution in [0.4, 0.5) is 22.1 Å². The molecule has 1 saturated carbocycles. The van der Waals surface area contributed by atoms with Crippen molar-refractivity contribution < 1.29 is 14.3 Å². The van der Waals surface area contributed by atoms with Gasteiger partial charge in [-0.2, -0.15) is 5.10 Å². The van der Waals surface area contributed by atoms with Crippen LogP contribution in [0.25, 0.3) is 0 Å². The number of nitrogens with two attached hydrogens (primary N) is 1. The van der Waals surface area contributed by atoms with E-state index in [1.165, 1.54) is 5.69 Å². The van der Waals surface area contributed by atoms with Crippen LogP contribution in [0.3, 0.4) is 0 Å². The van der Waals surface area contributed by atoms with Gasteiger partial charge >= 0.3 is 6.03 Å². The third-order valence-corrected chi connectivity index (χ3v) is 6.46. The summed E-state index contributed by atoms with van der Waals surface area (Å²) in [6.07, 6.45) is 6.66. The largest absolute Gasteiger partial charge is 0.488 e. The standard InChI is InChI=1S/C22H31N7O3/c1-24-22(30)28-8-5-18-16(13-28)21(26-29(18)14-6-9-31-10-7-14)27(2)20-11-19(17(23)12-25-20)32-15-3-4-15/h11-12,14-15H,3-10,13,23H2,1-2H3,(H,24,30). The van der Waals surface area contributed by atoms with Crippen molar-refractivity contribution >= 4 is 23.4 Å². The van der Waals surface area contributed by atoms with Crippen molar-refractivity contribution in [2.45, 2.75) is 50.8 Å². The summed E-state index contributed by atoms with van der Waals surface area (Å²) in [6, 6.07) is 2.11. The van der Waals surface area contributed by atoms with E-state index >= 15 is 0 Å². The number of urea groups is 1. The van der Waals surface area contributed by atoms with Crippen LogP contribution in [0, 0.1) is 0 Å². The zero-order valence-electron chi connectivity index (χ0n) is 18.7. The molecular weight excluding hydrogens is 410 g/mol. The first-order valence-corrected chi connectivity index (χ1v) is 11.4. The van der Waals surface area contributed by atoms with Gasteiger partial charge in [-0.25, -0.2) is 9.78 Å². The maximum atomic E-state index is 12.3. The van der Waals surface area contributed by atoms with Crippen LogP contribution in [-0.2, 0) is 17.7 Å². The summed E-state index contributed by atoms with van der Waals surface area (Å²) in [7, 11) is 3.62. The van der Waals surface area contributed by atoms with Crippen LogP contribution < -0.4 is 20.7 Å². The molecule has 0 bridgehead atoms. The van der Waals surface area contributed by atoms with E-state index in [1.807, 2.05) is 22.9 Å². The Hall–Kier alpha value is -3.01. The highest BCUT2D eigenvalue weighted by molar-refractivity contribution is 5.75. The van der Waals surface area contributed by atoms with E-state index in [2.05, 4.69) is 15.0 Å². The SMILES string of the molecule is CNC(=O)N1CCc2c(c(N(C)c3cc(OC4CC4)c(N)cn3)nn2C2CCOCC2)C1.